The standard InChI is InChI=1S/C24H34N4O2.HI/c1-2-7-21(19-28-13-16-29-17-14-28)20(6-1)18-26-24(27-22-8-3-4-9-22)25-12-11-23-10-5-15-30-23;/h1-2,5-7,10,15,22H,3-4,8-9,11-14,16-19H2,(H2,25,26,27);1H. The average molecular weight is 538 g/mol. The van der Waals surface area contributed by atoms with Crippen molar-refractivity contribution in [2.45, 2.75) is 51.2 Å². The highest BCUT2D eigenvalue weighted by molar-refractivity contribution is 14.0. The molecule has 7 heteroatoms. The number of hydrogen-bond acceptors (Lipinski definition) is 4. The van der Waals surface area contributed by atoms with Gasteiger partial charge in [-0.25, -0.2) is 4.99 Å². The molecule has 4 rings (SSSR count). The van der Waals surface area contributed by atoms with Gasteiger partial charge in [0.2, 0.25) is 0 Å². The molecule has 0 bridgehead atoms. The first-order chi connectivity index (χ1) is 14.9. The second-order valence-electron chi connectivity index (χ2n) is 8.20. The molecule has 1 aliphatic carbocycles. The van der Waals surface area contributed by atoms with E-state index in [-0.39, 0.29) is 24.0 Å². The molecule has 1 aromatic carbocycles. The number of rotatable bonds is 8. The zero-order valence-electron chi connectivity index (χ0n) is 18.2. The van der Waals surface area contributed by atoms with Crippen LogP contribution in [0.15, 0.2) is 52.1 Å². The quantitative estimate of drug-likeness (QED) is 0.303. The molecule has 0 spiro atoms. The third-order valence-electron chi connectivity index (χ3n) is 5.96. The minimum Gasteiger partial charge on any atom is -0.469 e. The summed E-state index contributed by atoms with van der Waals surface area (Å²) in [6.07, 6.45) is 7.65. The van der Waals surface area contributed by atoms with Crippen LogP contribution in [0.2, 0.25) is 0 Å². The van der Waals surface area contributed by atoms with Crippen molar-refractivity contribution in [3.63, 3.8) is 0 Å². The predicted octanol–water partition coefficient (Wildman–Crippen LogP) is 3.95. The molecule has 0 radical (unpaired) electrons. The van der Waals surface area contributed by atoms with E-state index in [2.05, 4.69) is 39.8 Å². The summed E-state index contributed by atoms with van der Waals surface area (Å²) in [6.45, 7) is 6.11. The van der Waals surface area contributed by atoms with Gasteiger partial charge in [-0.3, -0.25) is 4.90 Å². The lowest BCUT2D eigenvalue weighted by atomic mass is 10.1. The van der Waals surface area contributed by atoms with Gasteiger partial charge in [0.1, 0.15) is 5.76 Å². The van der Waals surface area contributed by atoms with Gasteiger partial charge < -0.3 is 19.8 Å². The smallest absolute Gasteiger partial charge is 0.191 e. The highest BCUT2D eigenvalue weighted by Crippen LogP contribution is 2.18. The molecule has 6 nitrogen and oxygen atoms in total. The van der Waals surface area contributed by atoms with Gasteiger partial charge in [-0.1, -0.05) is 37.1 Å². The summed E-state index contributed by atoms with van der Waals surface area (Å²) in [5.74, 6) is 1.91. The number of ether oxygens (including phenoxy) is 1. The number of nitrogens with zero attached hydrogens (tertiary/aromatic N) is 2. The van der Waals surface area contributed by atoms with Crippen molar-refractivity contribution in [1.82, 2.24) is 15.5 Å². The molecular formula is C24H35IN4O2. The van der Waals surface area contributed by atoms with E-state index < -0.39 is 0 Å². The monoisotopic (exact) mass is 538 g/mol. The number of furan rings is 1. The lowest BCUT2D eigenvalue weighted by Crippen LogP contribution is -2.43. The van der Waals surface area contributed by atoms with E-state index in [0.29, 0.717) is 12.6 Å². The fourth-order valence-electron chi connectivity index (χ4n) is 4.21. The maximum absolute atomic E-state index is 5.49. The Hall–Kier alpha value is -1.58. The van der Waals surface area contributed by atoms with E-state index in [1.165, 1.54) is 36.8 Å². The van der Waals surface area contributed by atoms with Gasteiger partial charge in [0.05, 0.1) is 26.0 Å². The van der Waals surface area contributed by atoms with Gasteiger partial charge >= 0.3 is 0 Å². The molecule has 0 atom stereocenters. The summed E-state index contributed by atoms with van der Waals surface area (Å²) in [7, 11) is 0. The number of aliphatic imine (C=N–C) groups is 1. The molecule has 2 fully saturated rings. The van der Waals surface area contributed by atoms with Gasteiger partial charge in [0.25, 0.3) is 0 Å². The minimum absolute atomic E-state index is 0. The highest BCUT2D eigenvalue weighted by atomic mass is 127. The van der Waals surface area contributed by atoms with Crippen LogP contribution in [0.3, 0.4) is 0 Å². The molecule has 170 valence electrons. The molecule has 2 aromatic rings. The summed E-state index contributed by atoms with van der Waals surface area (Å²) in [5, 5.41) is 7.16. The summed E-state index contributed by atoms with van der Waals surface area (Å²) < 4.78 is 10.9. The van der Waals surface area contributed by atoms with Gasteiger partial charge in [-0.05, 0) is 36.1 Å². The Morgan fingerprint density at radius 3 is 2.55 bits per heavy atom. The molecule has 1 aliphatic heterocycles. The van der Waals surface area contributed by atoms with Crippen LogP contribution in [0.25, 0.3) is 0 Å². The van der Waals surface area contributed by atoms with E-state index in [4.69, 9.17) is 14.1 Å². The van der Waals surface area contributed by atoms with Crippen molar-refractivity contribution in [2.75, 3.05) is 32.8 Å². The normalized spacial score (nSPS) is 18.0. The van der Waals surface area contributed by atoms with Crippen molar-refractivity contribution in [1.29, 1.82) is 0 Å². The van der Waals surface area contributed by atoms with Crippen molar-refractivity contribution in [2.24, 2.45) is 4.99 Å². The Bertz CT molecular complexity index is 785. The largest absolute Gasteiger partial charge is 0.469 e. The first-order valence-corrected chi connectivity index (χ1v) is 11.3. The Morgan fingerprint density at radius 2 is 1.81 bits per heavy atom. The zero-order chi connectivity index (χ0) is 20.4. The topological polar surface area (TPSA) is 62.0 Å². The number of hydrogen-bond donors (Lipinski definition) is 2. The van der Waals surface area contributed by atoms with Crippen molar-refractivity contribution < 1.29 is 9.15 Å². The van der Waals surface area contributed by atoms with E-state index in [1.807, 2.05) is 12.1 Å². The highest BCUT2D eigenvalue weighted by Gasteiger charge is 2.17. The number of benzene rings is 1. The molecule has 2 heterocycles. The van der Waals surface area contributed by atoms with Crippen LogP contribution >= 0.6 is 24.0 Å². The van der Waals surface area contributed by atoms with Crippen LogP contribution < -0.4 is 10.6 Å². The number of guanidine groups is 1. The molecular weight excluding hydrogens is 503 g/mol. The van der Waals surface area contributed by atoms with Gasteiger partial charge in [-0.2, -0.15) is 0 Å². The Balaban J connectivity index is 0.00000272. The molecule has 0 unspecified atom stereocenters. The second-order valence-corrected chi connectivity index (χ2v) is 8.20. The van der Waals surface area contributed by atoms with E-state index in [9.17, 15) is 0 Å². The molecule has 1 saturated carbocycles. The maximum atomic E-state index is 5.49. The van der Waals surface area contributed by atoms with Crippen molar-refractivity contribution in [3.8, 4) is 0 Å². The lowest BCUT2D eigenvalue weighted by molar-refractivity contribution is 0.0341. The van der Waals surface area contributed by atoms with Crippen LogP contribution in [0, 0.1) is 0 Å². The minimum atomic E-state index is 0. The van der Waals surface area contributed by atoms with Crippen LogP contribution in [-0.4, -0.2) is 49.7 Å². The molecule has 1 aromatic heterocycles. The molecule has 1 saturated heterocycles. The number of morpholine rings is 1. The van der Waals surface area contributed by atoms with Crippen LogP contribution in [0.4, 0.5) is 0 Å². The Labute approximate surface area is 202 Å². The van der Waals surface area contributed by atoms with Gasteiger partial charge in [0, 0.05) is 38.6 Å². The van der Waals surface area contributed by atoms with E-state index in [0.717, 1.165) is 57.5 Å². The van der Waals surface area contributed by atoms with Crippen molar-refractivity contribution >= 4 is 29.9 Å². The third-order valence-corrected chi connectivity index (χ3v) is 5.96. The maximum Gasteiger partial charge on any atom is 0.191 e. The van der Waals surface area contributed by atoms with E-state index >= 15 is 0 Å². The fraction of sp³-hybridized carbons (Fsp3) is 0.542. The zero-order valence-corrected chi connectivity index (χ0v) is 20.6. The molecule has 31 heavy (non-hydrogen) atoms. The average Bonchev–Trinajstić information content (AvgIpc) is 3.48. The number of halogens is 1. The summed E-state index contributed by atoms with van der Waals surface area (Å²) in [6, 6.07) is 13.2. The summed E-state index contributed by atoms with van der Waals surface area (Å²) in [4.78, 5) is 7.41. The summed E-state index contributed by atoms with van der Waals surface area (Å²) in [5.41, 5.74) is 2.65. The van der Waals surface area contributed by atoms with Crippen LogP contribution in [-0.2, 0) is 24.2 Å². The summed E-state index contributed by atoms with van der Waals surface area (Å²) >= 11 is 0. The van der Waals surface area contributed by atoms with Gasteiger partial charge in [-0.15, -0.1) is 24.0 Å². The van der Waals surface area contributed by atoms with Crippen LogP contribution in [0.5, 0.6) is 0 Å². The Kier molecular flexibility index (Phi) is 10.2. The Morgan fingerprint density at radius 1 is 1.03 bits per heavy atom. The number of nitrogens with one attached hydrogen (secondary N) is 2. The fourth-order valence-corrected chi connectivity index (χ4v) is 4.21. The molecule has 2 N–H and O–H groups in total. The molecule has 0 amide bonds. The van der Waals surface area contributed by atoms with Gasteiger partial charge in [0.15, 0.2) is 5.96 Å². The second kappa shape index (κ2) is 13.1. The third kappa shape index (κ3) is 7.80. The van der Waals surface area contributed by atoms with E-state index in [1.54, 1.807) is 6.26 Å². The SMILES string of the molecule is I.c1coc(CCNC(=NCc2ccccc2CN2CCOCC2)NC2CCCC2)c1. The van der Waals surface area contributed by atoms with Crippen molar-refractivity contribution in [3.05, 3.63) is 59.5 Å². The first kappa shape index (κ1) is 24.1. The lowest BCUT2D eigenvalue weighted by Gasteiger charge is -2.27. The van der Waals surface area contributed by atoms with Crippen LogP contribution in [0.1, 0.15) is 42.6 Å². The first-order valence-electron chi connectivity index (χ1n) is 11.3. The molecule has 2 aliphatic rings. The predicted molar refractivity (Wildman–Crippen MR) is 135 cm³/mol.